The zero-order chi connectivity index (χ0) is 23.3. The number of ether oxygens (including phenoxy) is 2. The Balaban J connectivity index is 1.68. The first-order valence-electron chi connectivity index (χ1n) is 11.2. The number of rotatable bonds is 5. The van der Waals surface area contributed by atoms with Gasteiger partial charge < -0.3 is 19.8 Å². The highest BCUT2D eigenvalue weighted by Gasteiger charge is 2.50. The monoisotopic (exact) mass is 447 g/mol. The fraction of sp³-hybridized carbons (Fsp3) is 0.360. The maximum absolute atomic E-state index is 13.5. The Morgan fingerprint density at radius 1 is 1.27 bits per heavy atom. The molecule has 0 aliphatic carbocycles. The summed E-state index contributed by atoms with van der Waals surface area (Å²) < 4.78 is 12.7. The summed E-state index contributed by atoms with van der Waals surface area (Å²) in [4.78, 5) is 44.0. The molecular weight excluding hydrogens is 422 g/mol. The minimum atomic E-state index is -1.72. The summed E-state index contributed by atoms with van der Waals surface area (Å²) in [5, 5.41) is 0.988. The lowest BCUT2D eigenvalue weighted by atomic mass is 9.85. The van der Waals surface area contributed by atoms with Crippen molar-refractivity contribution in [2.24, 2.45) is 5.73 Å². The predicted molar refractivity (Wildman–Crippen MR) is 121 cm³/mol. The van der Waals surface area contributed by atoms with Crippen molar-refractivity contribution in [3.63, 3.8) is 0 Å². The van der Waals surface area contributed by atoms with Crippen LogP contribution in [0.3, 0.4) is 0 Å². The van der Waals surface area contributed by atoms with Gasteiger partial charge >= 0.3 is 11.9 Å². The molecule has 2 N–H and O–H groups in total. The highest BCUT2D eigenvalue weighted by molar-refractivity contribution is 5.89. The quantitative estimate of drug-likeness (QED) is 0.468. The molecule has 4 heterocycles. The van der Waals surface area contributed by atoms with Crippen molar-refractivity contribution < 1.29 is 19.1 Å². The average molecular weight is 447 g/mol. The van der Waals surface area contributed by atoms with Gasteiger partial charge in [-0.25, -0.2) is 9.78 Å². The third-order valence-electron chi connectivity index (χ3n) is 6.56. The first-order valence-corrected chi connectivity index (χ1v) is 11.2. The molecule has 3 aromatic rings. The summed E-state index contributed by atoms with van der Waals surface area (Å²) in [7, 11) is 0. The van der Waals surface area contributed by atoms with Crippen LogP contribution in [0.25, 0.3) is 22.3 Å². The van der Waals surface area contributed by atoms with Gasteiger partial charge in [-0.1, -0.05) is 38.5 Å². The molecule has 8 heteroatoms. The predicted octanol–water partition coefficient (Wildman–Crippen LogP) is 2.76. The number of cyclic esters (lactones) is 1. The molecule has 0 bridgehead atoms. The topological polar surface area (TPSA) is 114 Å². The van der Waals surface area contributed by atoms with E-state index in [4.69, 9.17) is 20.2 Å². The first-order chi connectivity index (χ1) is 15.9. The van der Waals surface area contributed by atoms with Gasteiger partial charge in [-0.05, 0) is 31.0 Å². The van der Waals surface area contributed by atoms with Crippen molar-refractivity contribution in [1.82, 2.24) is 9.55 Å². The number of pyridine rings is 2. The smallest absolute Gasteiger partial charge is 0.355 e. The van der Waals surface area contributed by atoms with Crippen molar-refractivity contribution in [2.75, 3.05) is 0 Å². The second kappa shape index (κ2) is 7.81. The molecular formula is C25H25N3O5. The average Bonchev–Trinajstić information content (AvgIpc) is 3.17. The molecule has 0 unspecified atom stereocenters. The molecule has 2 atom stereocenters. The van der Waals surface area contributed by atoms with Crippen LogP contribution in [0, 0.1) is 0 Å². The van der Waals surface area contributed by atoms with E-state index in [1.54, 1.807) is 17.6 Å². The van der Waals surface area contributed by atoms with E-state index in [1.807, 2.05) is 37.3 Å². The molecule has 0 radical (unpaired) electrons. The van der Waals surface area contributed by atoms with E-state index in [0.717, 1.165) is 16.5 Å². The zero-order valence-corrected chi connectivity index (χ0v) is 18.6. The van der Waals surface area contributed by atoms with Crippen molar-refractivity contribution in [2.45, 2.75) is 57.9 Å². The minimum absolute atomic E-state index is 0.115. The lowest BCUT2D eigenvalue weighted by Crippen LogP contribution is -2.49. The molecule has 2 aromatic heterocycles. The van der Waals surface area contributed by atoms with Gasteiger partial charge in [0.05, 0.1) is 29.0 Å². The van der Waals surface area contributed by atoms with Crippen LogP contribution in [0.15, 0.2) is 41.2 Å². The second-order valence-corrected chi connectivity index (χ2v) is 8.57. The lowest BCUT2D eigenvalue weighted by molar-refractivity contribution is -0.190. The van der Waals surface area contributed by atoms with Gasteiger partial charge in [0.1, 0.15) is 12.6 Å². The Morgan fingerprint density at radius 2 is 2.06 bits per heavy atom. The molecule has 0 amide bonds. The van der Waals surface area contributed by atoms with Crippen molar-refractivity contribution in [3.8, 4) is 11.4 Å². The number of hydrogen-bond acceptors (Lipinski definition) is 7. The fourth-order valence-corrected chi connectivity index (χ4v) is 4.76. The number of hydrogen-bond donors (Lipinski definition) is 1. The molecule has 8 nitrogen and oxygen atoms in total. The molecule has 0 spiro atoms. The van der Waals surface area contributed by atoms with Crippen LogP contribution >= 0.6 is 0 Å². The van der Waals surface area contributed by atoms with Crippen molar-refractivity contribution in [1.29, 1.82) is 0 Å². The molecule has 0 fully saturated rings. The summed E-state index contributed by atoms with van der Waals surface area (Å²) in [5.74, 6) is -1.38. The number of nitrogens with two attached hydrogens (primary N) is 1. The summed E-state index contributed by atoms with van der Waals surface area (Å²) in [5.41, 5.74) is 7.66. The van der Waals surface area contributed by atoms with Crippen LogP contribution in [0.2, 0.25) is 0 Å². The number of carbonyl (C=O) groups excluding carboxylic acids is 2. The molecule has 0 saturated carbocycles. The van der Waals surface area contributed by atoms with Crippen LogP contribution in [-0.2, 0) is 37.8 Å². The van der Waals surface area contributed by atoms with Gasteiger partial charge in [0.2, 0.25) is 5.60 Å². The highest BCUT2D eigenvalue weighted by atomic mass is 16.6. The second-order valence-electron chi connectivity index (χ2n) is 8.57. The number of fused-ring (bicyclic) bond motifs is 5. The normalized spacial score (nSPS) is 19.4. The van der Waals surface area contributed by atoms with Gasteiger partial charge in [0, 0.05) is 16.5 Å². The molecule has 33 heavy (non-hydrogen) atoms. The van der Waals surface area contributed by atoms with E-state index in [1.165, 1.54) is 0 Å². The zero-order valence-electron chi connectivity index (χ0n) is 18.6. The molecule has 2 aliphatic rings. The van der Waals surface area contributed by atoms with E-state index in [2.05, 4.69) is 0 Å². The summed E-state index contributed by atoms with van der Waals surface area (Å²) in [6.45, 7) is 3.84. The van der Waals surface area contributed by atoms with E-state index < -0.39 is 23.6 Å². The molecule has 2 aliphatic heterocycles. The van der Waals surface area contributed by atoms with E-state index in [-0.39, 0.29) is 18.6 Å². The van der Waals surface area contributed by atoms with Crippen LogP contribution < -0.4 is 11.3 Å². The van der Waals surface area contributed by atoms with Crippen LogP contribution in [0.4, 0.5) is 0 Å². The minimum Gasteiger partial charge on any atom is -0.457 e. The lowest BCUT2D eigenvalue weighted by Gasteiger charge is -2.36. The number of nitrogens with zero attached hydrogens (tertiary/aromatic N) is 2. The Morgan fingerprint density at radius 3 is 2.82 bits per heavy atom. The number of para-hydroxylation sites is 1. The van der Waals surface area contributed by atoms with Crippen LogP contribution in [0.1, 0.15) is 49.8 Å². The van der Waals surface area contributed by atoms with Gasteiger partial charge in [0.15, 0.2) is 0 Å². The Labute approximate surface area is 190 Å². The van der Waals surface area contributed by atoms with Crippen molar-refractivity contribution in [3.05, 3.63) is 63.4 Å². The van der Waals surface area contributed by atoms with Gasteiger partial charge in [0.25, 0.3) is 5.56 Å². The number of esters is 2. The SMILES string of the molecule is CCC[C@@H](N)C(=O)O[C@]1(CC)C(=O)OCc2c1cc1n(c2=O)Cc2cc3ccccc3nc2-1. The van der Waals surface area contributed by atoms with E-state index in [9.17, 15) is 14.4 Å². The Kier molecular flexibility index (Phi) is 5.05. The van der Waals surface area contributed by atoms with Gasteiger partial charge in [-0.3, -0.25) is 9.59 Å². The molecule has 5 rings (SSSR count). The fourth-order valence-electron chi connectivity index (χ4n) is 4.76. The largest absolute Gasteiger partial charge is 0.457 e. The maximum Gasteiger partial charge on any atom is 0.355 e. The number of benzene rings is 1. The standard InChI is InChI=1S/C25H25N3O5/c1-3-7-18(26)23(30)33-25(4-2)17-11-20-21-15(10-14-8-5-6-9-19(14)27-21)12-28(20)22(29)16(17)13-32-24(25)31/h5-6,8-11,18H,3-4,7,12-13,26H2,1-2H3/t18-,25+/m1/s1. The summed E-state index contributed by atoms with van der Waals surface area (Å²) in [6, 6.07) is 10.7. The van der Waals surface area contributed by atoms with Gasteiger partial charge in [-0.15, -0.1) is 0 Å². The van der Waals surface area contributed by atoms with Crippen LogP contribution in [-0.4, -0.2) is 27.5 Å². The number of carbonyl (C=O) groups is 2. The maximum atomic E-state index is 13.5. The third-order valence-corrected chi connectivity index (χ3v) is 6.56. The molecule has 0 saturated heterocycles. The first kappa shape index (κ1) is 21.3. The number of aromatic nitrogens is 2. The Bertz CT molecular complexity index is 1360. The summed E-state index contributed by atoms with van der Waals surface area (Å²) in [6.07, 6.45) is 1.24. The van der Waals surface area contributed by atoms with E-state index >= 15 is 0 Å². The third kappa shape index (κ3) is 3.16. The molecule has 170 valence electrons. The summed E-state index contributed by atoms with van der Waals surface area (Å²) >= 11 is 0. The Hall–Kier alpha value is -3.52. The van der Waals surface area contributed by atoms with Gasteiger partial charge in [-0.2, -0.15) is 0 Å². The van der Waals surface area contributed by atoms with Crippen molar-refractivity contribution >= 4 is 22.8 Å². The van der Waals surface area contributed by atoms with E-state index in [0.29, 0.717) is 41.9 Å². The highest BCUT2D eigenvalue weighted by Crippen LogP contribution is 2.41. The van der Waals surface area contributed by atoms with Crippen LogP contribution in [0.5, 0.6) is 0 Å². The molecule has 1 aromatic carbocycles.